The van der Waals surface area contributed by atoms with Crippen LogP contribution in [-0.2, 0) is 6.42 Å². The molecule has 0 bridgehead atoms. The fraction of sp³-hybridized carbons (Fsp3) is 0.263. The summed E-state index contributed by atoms with van der Waals surface area (Å²) in [7, 11) is 0. The molecule has 1 N–H and O–H groups in total. The highest BCUT2D eigenvalue weighted by molar-refractivity contribution is 5.48. The van der Waals surface area contributed by atoms with E-state index in [-0.39, 0.29) is 6.10 Å². The normalized spacial score (nSPS) is 12.7. The molecule has 0 spiro atoms. The second-order valence-electron chi connectivity index (χ2n) is 5.07. The summed E-state index contributed by atoms with van der Waals surface area (Å²) in [5, 5.41) is 9.97. The van der Waals surface area contributed by atoms with Crippen molar-refractivity contribution in [1.82, 2.24) is 0 Å². The Kier molecular flexibility index (Phi) is 6.07. The number of allylic oxidation sites excluding steroid dienone is 1. The van der Waals surface area contributed by atoms with Crippen molar-refractivity contribution >= 4 is 6.08 Å². The standard InChI is InChI=1S/C19H22O/c20-19(16-15-18-11-5-2-6-12-18)14-8-7-13-17-9-3-1-4-10-17/h1-7,9-13,19-20H,8,14-16H2/b13-7+. The van der Waals surface area contributed by atoms with E-state index in [1.807, 2.05) is 36.4 Å². The van der Waals surface area contributed by atoms with Crippen molar-refractivity contribution in [3.63, 3.8) is 0 Å². The third-order valence-corrected chi connectivity index (χ3v) is 3.39. The summed E-state index contributed by atoms with van der Waals surface area (Å²) in [6.07, 6.45) is 7.58. The van der Waals surface area contributed by atoms with Gasteiger partial charge in [0, 0.05) is 0 Å². The Morgan fingerprint density at radius 2 is 1.50 bits per heavy atom. The quantitative estimate of drug-likeness (QED) is 0.783. The molecule has 2 aromatic rings. The van der Waals surface area contributed by atoms with Crippen LogP contribution in [0.1, 0.15) is 30.4 Å². The Balaban J connectivity index is 1.65. The van der Waals surface area contributed by atoms with E-state index in [2.05, 4.69) is 36.4 Å². The molecule has 0 heterocycles. The van der Waals surface area contributed by atoms with Crippen LogP contribution in [0, 0.1) is 0 Å². The fourth-order valence-electron chi connectivity index (χ4n) is 2.19. The van der Waals surface area contributed by atoms with Crippen LogP contribution in [0.3, 0.4) is 0 Å². The molecule has 0 radical (unpaired) electrons. The molecule has 1 nitrogen and oxygen atoms in total. The molecule has 0 aliphatic rings. The number of aliphatic hydroxyl groups is 1. The molecule has 0 amide bonds. The molecule has 1 atom stereocenters. The zero-order chi connectivity index (χ0) is 14.0. The maximum absolute atomic E-state index is 9.97. The number of rotatable bonds is 7. The molecule has 104 valence electrons. The minimum Gasteiger partial charge on any atom is -0.393 e. The highest BCUT2D eigenvalue weighted by Gasteiger charge is 2.03. The van der Waals surface area contributed by atoms with Gasteiger partial charge in [-0.25, -0.2) is 0 Å². The van der Waals surface area contributed by atoms with Crippen LogP contribution >= 0.6 is 0 Å². The average molecular weight is 266 g/mol. The van der Waals surface area contributed by atoms with Crippen molar-refractivity contribution in [2.75, 3.05) is 0 Å². The van der Waals surface area contributed by atoms with Gasteiger partial charge in [-0.2, -0.15) is 0 Å². The SMILES string of the molecule is OC(CC/C=C/c1ccccc1)CCc1ccccc1. The van der Waals surface area contributed by atoms with E-state index in [0.717, 1.165) is 25.7 Å². The molecule has 0 fully saturated rings. The second kappa shape index (κ2) is 8.34. The van der Waals surface area contributed by atoms with Crippen LogP contribution in [-0.4, -0.2) is 11.2 Å². The minimum absolute atomic E-state index is 0.212. The van der Waals surface area contributed by atoms with Gasteiger partial charge in [-0.3, -0.25) is 0 Å². The van der Waals surface area contributed by atoms with Crippen LogP contribution in [0.25, 0.3) is 6.08 Å². The summed E-state index contributed by atoms with van der Waals surface area (Å²) in [6, 6.07) is 20.6. The number of benzene rings is 2. The zero-order valence-corrected chi connectivity index (χ0v) is 11.8. The van der Waals surface area contributed by atoms with Crippen molar-refractivity contribution in [1.29, 1.82) is 0 Å². The van der Waals surface area contributed by atoms with Gasteiger partial charge in [0.2, 0.25) is 0 Å². The molecule has 0 aliphatic carbocycles. The van der Waals surface area contributed by atoms with Crippen LogP contribution in [0.15, 0.2) is 66.7 Å². The summed E-state index contributed by atoms with van der Waals surface area (Å²) in [5.41, 5.74) is 2.51. The lowest BCUT2D eigenvalue weighted by atomic mass is 10.0. The van der Waals surface area contributed by atoms with E-state index in [9.17, 15) is 5.11 Å². The largest absolute Gasteiger partial charge is 0.393 e. The Labute approximate surface area is 121 Å². The lowest BCUT2D eigenvalue weighted by molar-refractivity contribution is 0.156. The monoisotopic (exact) mass is 266 g/mol. The molecule has 0 aliphatic heterocycles. The maximum atomic E-state index is 9.97. The van der Waals surface area contributed by atoms with Crippen LogP contribution in [0.4, 0.5) is 0 Å². The first-order valence-electron chi connectivity index (χ1n) is 7.28. The summed E-state index contributed by atoms with van der Waals surface area (Å²) in [5.74, 6) is 0. The Hall–Kier alpha value is -1.86. The first-order valence-corrected chi connectivity index (χ1v) is 7.28. The van der Waals surface area contributed by atoms with Crippen LogP contribution < -0.4 is 0 Å². The fourth-order valence-corrected chi connectivity index (χ4v) is 2.19. The van der Waals surface area contributed by atoms with E-state index >= 15 is 0 Å². The molecule has 0 aromatic heterocycles. The van der Waals surface area contributed by atoms with Gasteiger partial charge in [0.25, 0.3) is 0 Å². The predicted octanol–water partition coefficient (Wildman–Crippen LogP) is 4.47. The lowest BCUT2D eigenvalue weighted by Crippen LogP contribution is -2.07. The number of aliphatic hydroxyl groups excluding tert-OH is 1. The molecule has 1 heteroatoms. The van der Waals surface area contributed by atoms with E-state index < -0.39 is 0 Å². The predicted molar refractivity (Wildman–Crippen MR) is 85.5 cm³/mol. The molecular formula is C19H22O. The molecule has 2 aromatic carbocycles. The minimum atomic E-state index is -0.212. The first-order chi connectivity index (χ1) is 9.84. The van der Waals surface area contributed by atoms with Gasteiger partial charge in [-0.1, -0.05) is 72.8 Å². The zero-order valence-electron chi connectivity index (χ0n) is 11.8. The summed E-state index contributed by atoms with van der Waals surface area (Å²) < 4.78 is 0. The van der Waals surface area contributed by atoms with Gasteiger partial charge in [0.1, 0.15) is 0 Å². The van der Waals surface area contributed by atoms with E-state index in [1.165, 1.54) is 11.1 Å². The first kappa shape index (κ1) is 14.5. The Morgan fingerprint density at radius 1 is 0.850 bits per heavy atom. The number of hydrogen-bond donors (Lipinski definition) is 1. The lowest BCUT2D eigenvalue weighted by Gasteiger charge is -2.08. The highest BCUT2D eigenvalue weighted by atomic mass is 16.3. The van der Waals surface area contributed by atoms with Gasteiger partial charge in [-0.05, 0) is 36.8 Å². The summed E-state index contributed by atoms with van der Waals surface area (Å²) >= 11 is 0. The van der Waals surface area contributed by atoms with E-state index in [1.54, 1.807) is 0 Å². The van der Waals surface area contributed by atoms with Crippen LogP contribution in [0.2, 0.25) is 0 Å². The Bertz CT molecular complexity index is 502. The molecule has 1 unspecified atom stereocenters. The summed E-state index contributed by atoms with van der Waals surface area (Å²) in [6.45, 7) is 0. The molecule has 2 rings (SSSR count). The van der Waals surface area contributed by atoms with Gasteiger partial charge in [-0.15, -0.1) is 0 Å². The molecule has 0 saturated heterocycles. The van der Waals surface area contributed by atoms with Gasteiger partial charge >= 0.3 is 0 Å². The highest BCUT2D eigenvalue weighted by Crippen LogP contribution is 2.10. The van der Waals surface area contributed by atoms with Gasteiger partial charge in [0.05, 0.1) is 6.10 Å². The van der Waals surface area contributed by atoms with Crippen molar-refractivity contribution < 1.29 is 5.11 Å². The van der Waals surface area contributed by atoms with Crippen molar-refractivity contribution in [2.45, 2.75) is 31.8 Å². The summed E-state index contributed by atoms with van der Waals surface area (Å²) in [4.78, 5) is 0. The number of aryl methyl sites for hydroxylation is 1. The third-order valence-electron chi connectivity index (χ3n) is 3.39. The van der Waals surface area contributed by atoms with Crippen molar-refractivity contribution in [2.24, 2.45) is 0 Å². The van der Waals surface area contributed by atoms with Crippen LogP contribution in [0.5, 0.6) is 0 Å². The second-order valence-corrected chi connectivity index (χ2v) is 5.07. The average Bonchev–Trinajstić information content (AvgIpc) is 2.52. The number of hydrogen-bond acceptors (Lipinski definition) is 1. The van der Waals surface area contributed by atoms with E-state index in [0.29, 0.717) is 0 Å². The van der Waals surface area contributed by atoms with Crippen molar-refractivity contribution in [3.8, 4) is 0 Å². The van der Waals surface area contributed by atoms with Gasteiger partial charge in [0.15, 0.2) is 0 Å². The van der Waals surface area contributed by atoms with Crippen molar-refractivity contribution in [3.05, 3.63) is 77.9 Å². The molecule has 0 saturated carbocycles. The van der Waals surface area contributed by atoms with Gasteiger partial charge < -0.3 is 5.11 Å². The molecule has 20 heavy (non-hydrogen) atoms. The van der Waals surface area contributed by atoms with E-state index in [4.69, 9.17) is 0 Å². The maximum Gasteiger partial charge on any atom is 0.0546 e. The Morgan fingerprint density at radius 3 is 2.20 bits per heavy atom. The third kappa shape index (κ3) is 5.41. The molecular weight excluding hydrogens is 244 g/mol. The topological polar surface area (TPSA) is 20.2 Å². The smallest absolute Gasteiger partial charge is 0.0546 e.